The van der Waals surface area contributed by atoms with Crippen LogP contribution in [0.4, 0.5) is 0 Å². The van der Waals surface area contributed by atoms with Gasteiger partial charge in [0.2, 0.25) is 0 Å². The van der Waals surface area contributed by atoms with Crippen molar-refractivity contribution in [2.45, 2.75) is 97.4 Å². The van der Waals surface area contributed by atoms with Gasteiger partial charge in [-0.1, -0.05) is 86.7 Å². The molecule has 0 amide bonds. The molecule has 3 heteroatoms. The predicted molar refractivity (Wildman–Crippen MR) is 147 cm³/mol. The van der Waals surface area contributed by atoms with Crippen molar-refractivity contribution in [1.29, 1.82) is 0 Å². The molecule has 1 aliphatic rings. The van der Waals surface area contributed by atoms with Crippen molar-refractivity contribution in [3.8, 4) is 11.1 Å². The van der Waals surface area contributed by atoms with Crippen LogP contribution < -0.4 is 0 Å². The minimum Gasteiger partial charge on any atom is -0.327 e. The number of rotatable bonds is 17. The van der Waals surface area contributed by atoms with Gasteiger partial charge >= 0.3 is 0 Å². The first-order valence-electron chi connectivity index (χ1n) is 13.9. The lowest BCUT2D eigenvalue weighted by Gasteiger charge is -2.40. The van der Waals surface area contributed by atoms with Gasteiger partial charge < -0.3 is 14.2 Å². The van der Waals surface area contributed by atoms with Crippen LogP contribution in [0.2, 0.25) is 0 Å². The third-order valence-corrected chi connectivity index (χ3v) is 7.08. The highest BCUT2D eigenvalue weighted by Gasteiger charge is 2.44. The van der Waals surface area contributed by atoms with Gasteiger partial charge in [0.25, 0.3) is 5.97 Å². The molecule has 1 aliphatic carbocycles. The van der Waals surface area contributed by atoms with Crippen molar-refractivity contribution < 1.29 is 14.2 Å². The van der Waals surface area contributed by atoms with E-state index in [2.05, 4.69) is 61.5 Å². The number of benzene rings is 2. The molecule has 0 heterocycles. The number of fused-ring (bicyclic) bond motifs is 3. The second-order valence-corrected chi connectivity index (χ2v) is 9.43. The Morgan fingerprint density at radius 3 is 2.09 bits per heavy atom. The van der Waals surface area contributed by atoms with E-state index in [9.17, 15) is 0 Å². The van der Waals surface area contributed by atoms with E-state index in [1.807, 2.05) is 20.8 Å². The van der Waals surface area contributed by atoms with Crippen LogP contribution in [0, 0.1) is 0 Å². The van der Waals surface area contributed by atoms with Gasteiger partial charge in [-0.3, -0.25) is 0 Å². The molecule has 2 aromatic rings. The van der Waals surface area contributed by atoms with Crippen LogP contribution in [0.15, 0.2) is 54.6 Å². The molecule has 3 nitrogen and oxygen atoms in total. The Bertz CT molecular complexity index is 900. The molecule has 1 unspecified atom stereocenters. The molecule has 0 N–H and O–H groups in total. The zero-order valence-electron chi connectivity index (χ0n) is 22.5. The number of hydrogen-bond acceptors (Lipinski definition) is 3. The van der Waals surface area contributed by atoms with E-state index >= 15 is 0 Å². The van der Waals surface area contributed by atoms with Gasteiger partial charge in [-0.15, -0.1) is 0 Å². The van der Waals surface area contributed by atoms with E-state index in [-0.39, 0.29) is 5.92 Å². The number of hydrogen-bond donors (Lipinski definition) is 0. The molecule has 3 rings (SSSR count). The Balaban J connectivity index is 1.81. The molecule has 0 saturated carbocycles. The molecule has 2 aromatic carbocycles. The second-order valence-electron chi connectivity index (χ2n) is 9.43. The quantitative estimate of drug-likeness (QED) is 0.110. The van der Waals surface area contributed by atoms with Crippen LogP contribution in [0.1, 0.15) is 102 Å². The SMILES string of the molecule is CC=CCCCCCCCCC(c1cccc2c1Cc1ccccc1-2)C(OCC)(OCC)OCC. The summed E-state index contributed by atoms with van der Waals surface area (Å²) in [5.41, 5.74) is 6.84. The molecule has 0 fully saturated rings. The molecule has 0 saturated heterocycles. The van der Waals surface area contributed by atoms with E-state index < -0.39 is 5.97 Å². The smallest absolute Gasteiger partial charge is 0.290 e. The predicted octanol–water partition coefficient (Wildman–Crippen LogP) is 8.80. The van der Waals surface area contributed by atoms with Crippen LogP contribution in [-0.2, 0) is 20.6 Å². The van der Waals surface area contributed by atoms with Crippen LogP contribution in [0.5, 0.6) is 0 Å². The minimum absolute atomic E-state index is 0.0290. The lowest BCUT2D eigenvalue weighted by atomic mass is 9.85. The normalized spacial score (nSPS) is 13.8. The molecule has 1 atom stereocenters. The fraction of sp³-hybridized carbons (Fsp3) is 0.562. The highest BCUT2D eigenvalue weighted by molar-refractivity contribution is 5.78. The maximum Gasteiger partial charge on any atom is 0.290 e. The van der Waals surface area contributed by atoms with Crippen molar-refractivity contribution in [2.75, 3.05) is 19.8 Å². The molecule has 192 valence electrons. The molecule has 0 aromatic heterocycles. The Kier molecular flexibility index (Phi) is 11.5. The molecule has 0 bridgehead atoms. The summed E-state index contributed by atoms with van der Waals surface area (Å²) in [4.78, 5) is 0. The van der Waals surface area contributed by atoms with Crippen molar-refractivity contribution in [1.82, 2.24) is 0 Å². The van der Waals surface area contributed by atoms with Crippen LogP contribution >= 0.6 is 0 Å². The topological polar surface area (TPSA) is 27.7 Å². The second kappa shape index (κ2) is 14.6. The maximum absolute atomic E-state index is 6.35. The molecule has 35 heavy (non-hydrogen) atoms. The first-order valence-corrected chi connectivity index (χ1v) is 13.9. The van der Waals surface area contributed by atoms with Gasteiger partial charge in [0.15, 0.2) is 0 Å². The number of ether oxygens (including phenoxy) is 3. The van der Waals surface area contributed by atoms with Gasteiger partial charge in [-0.25, -0.2) is 0 Å². The summed E-state index contributed by atoms with van der Waals surface area (Å²) in [6, 6.07) is 15.5. The lowest BCUT2D eigenvalue weighted by Crippen LogP contribution is -2.45. The van der Waals surface area contributed by atoms with E-state index in [0.29, 0.717) is 19.8 Å². The zero-order chi connectivity index (χ0) is 24.9. The fourth-order valence-corrected chi connectivity index (χ4v) is 5.55. The Morgan fingerprint density at radius 2 is 1.40 bits per heavy atom. The minimum atomic E-state index is -1.05. The summed E-state index contributed by atoms with van der Waals surface area (Å²) in [5, 5.41) is 0. The first-order chi connectivity index (χ1) is 17.2. The number of allylic oxidation sites excluding steroid dienone is 2. The molecule has 0 aliphatic heterocycles. The largest absolute Gasteiger partial charge is 0.327 e. The third-order valence-electron chi connectivity index (χ3n) is 7.08. The van der Waals surface area contributed by atoms with Crippen LogP contribution in [0.25, 0.3) is 11.1 Å². The molecular weight excluding hydrogens is 432 g/mol. The highest BCUT2D eigenvalue weighted by atomic mass is 16.9. The molecule has 0 spiro atoms. The maximum atomic E-state index is 6.35. The lowest BCUT2D eigenvalue weighted by molar-refractivity contribution is -0.389. The molecular formula is C32H46O3. The van der Waals surface area contributed by atoms with Crippen LogP contribution in [0.3, 0.4) is 0 Å². The monoisotopic (exact) mass is 478 g/mol. The van der Waals surface area contributed by atoms with E-state index in [0.717, 1.165) is 19.3 Å². The summed E-state index contributed by atoms with van der Waals surface area (Å²) >= 11 is 0. The summed E-state index contributed by atoms with van der Waals surface area (Å²) in [6.07, 6.45) is 15.2. The zero-order valence-corrected chi connectivity index (χ0v) is 22.5. The van der Waals surface area contributed by atoms with Crippen LogP contribution in [-0.4, -0.2) is 25.8 Å². The molecule has 0 radical (unpaired) electrons. The van der Waals surface area contributed by atoms with E-state index in [1.165, 1.54) is 66.3 Å². The first kappa shape index (κ1) is 27.6. The standard InChI is InChI=1S/C32H46O3/c1-5-9-10-11-12-13-14-15-16-24-31(32(33-6-2,34-7-3)35-8-4)29-23-19-22-28-27-21-18-17-20-26(27)25-30(28)29/h5,9,17-23,31H,6-8,10-16,24-25H2,1-4H3. The van der Waals surface area contributed by atoms with Crippen molar-refractivity contribution in [2.24, 2.45) is 0 Å². The van der Waals surface area contributed by atoms with Gasteiger partial charge in [-0.05, 0) is 81.2 Å². The van der Waals surface area contributed by atoms with Gasteiger partial charge in [0, 0.05) is 19.8 Å². The number of unbranched alkanes of at least 4 members (excludes halogenated alkanes) is 6. The van der Waals surface area contributed by atoms with Crippen molar-refractivity contribution in [3.63, 3.8) is 0 Å². The summed E-state index contributed by atoms with van der Waals surface area (Å²) in [5.74, 6) is -1.02. The average molecular weight is 479 g/mol. The van der Waals surface area contributed by atoms with Gasteiger partial charge in [0.1, 0.15) is 0 Å². The van der Waals surface area contributed by atoms with E-state index in [1.54, 1.807) is 0 Å². The Labute approximate surface area is 213 Å². The average Bonchev–Trinajstić information content (AvgIpc) is 3.25. The van der Waals surface area contributed by atoms with Gasteiger partial charge in [0.05, 0.1) is 5.92 Å². The Morgan fingerprint density at radius 1 is 0.771 bits per heavy atom. The fourth-order valence-electron chi connectivity index (χ4n) is 5.55. The highest BCUT2D eigenvalue weighted by Crippen LogP contribution is 2.45. The summed E-state index contributed by atoms with van der Waals surface area (Å²) < 4.78 is 19.0. The van der Waals surface area contributed by atoms with E-state index in [4.69, 9.17) is 14.2 Å². The van der Waals surface area contributed by atoms with Gasteiger partial charge in [-0.2, -0.15) is 0 Å². The third kappa shape index (κ3) is 7.06. The summed E-state index contributed by atoms with van der Waals surface area (Å²) in [6.45, 7) is 9.85. The van der Waals surface area contributed by atoms with Crippen molar-refractivity contribution in [3.05, 3.63) is 71.3 Å². The van der Waals surface area contributed by atoms with Crippen molar-refractivity contribution >= 4 is 0 Å². The summed E-state index contributed by atoms with van der Waals surface area (Å²) in [7, 11) is 0. The Hall–Kier alpha value is -1.94.